The molecule has 0 radical (unpaired) electrons. The molecule has 23 heavy (non-hydrogen) atoms. The first kappa shape index (κ1) is 14.9. The Hall–Kier alpha value is -3.00. The van der Waals surface area contributed by atoms with Gasteiger partial charge in [-0.2, -0.15) is 0 Å². The number of hydrogen-bond acceptors (Lipinski definition) is 5. The van der Waals surface area contributed by atoms with Gasteiger partial charge in [0.25, 0.3) is 0 Å². The number of carbonyl (C=O) groups is 1. The summed E-state index contributed by atoms with van der Waals surface area (Å²) in [5, 5.41) is 4.70. The number of pyridine rings is 1. The zero-order valence-electron chi connectivity index (χ0n) is 11.8. The van der Waals surface area contributed by atoms with Crippen LogP contribution in [0.25, 0.3) is 21.3 Å². The number of fused-ring (bicyclic) bond motifs is 2. The van der Waals surface area contributed by atoms with Gasteiger partial charge in [-0.15, -0.1) is 0 Å². The predicted molar refractivity (Wildman–Crippen MR) is 89.2 cm³/mol. The summed E-state index contributed by atoms with van der Waals surface area (Å²) in [6, 6.07) is 9.38. The third kappa shape index (κ3) is 3.11. The summed E-state index contributed by atoms with van der Waals surface area (Å²) in [6.45, 7) is 0. The topological polar surface area (TPSA) is 96.7 Å². The Balaban J connectivity index is 0.000000485. The van der Waals surface area contributed by atoms with Crippen LogP contribution in [0.1, 0.15) is 0 Å². The third-order valence-electron chi connectivity index (χ3n) is 3.03. The molecular weight excluding hydrogens is 317 g/mol. The Morgan fingerprint density at radius 3 is 2.91 bits per heavy atom. The second-order valence-corrected chi connectivity index (χ2v) is 5.53. The van der Waals surface area contributed by atoms with Gasteiger partial charge in [-0.25, -0.2) is 14.4 Å². The molecule has 3 heterocycles. The van der Waals surface area contributed by atoms with Crippen LogP contribution in [0.5, 0.6) is 0 Å². The molecule has 4 N–H and O–H groups in total. The van der Waals surface area contributed by atoms with Crippen LogP contribution in [0.2, 0.25) is 0 Å². The number of carbonyl (C=O) groups excluding carboxylic acids is 1. The highest BCUT2D eigenvalue weighted by atomic mass is 32.1. The Labute approximate surface area is 134 Å². The van der Waals surface area contributed by atoms with Crippen molar-refractivity contribution >= 4 is 49.8 Å². The van der Waals surface area contributed by atoms with Crippen LogP contribution in [0, 0.1) is 5.82 Å². The number of primary amides is 1. The number of nitrogens with one attached hydrogen (secondary N) is 2. The molecular formula is C15H12FN5OS. The van der Waals surface area contributed by atoms with E-state index >= 15 is 0 Å². The number of para-hydroxylation sites is 1. The lowest BCUT2D eigenvalue weighted by Crippen LogP contribution is -1.88. The zero-order valence-corrected chi connectivity index (χ0v) is 12.6. The summed E-state index contributed by atoms with van der Waals surface area (Å²) in [5.41, 5.74) is 6.53. The average molecular weight is 329 g/mol. The van der Waals surface area contributed by atoms with E-state index in [-0.39, 0.29) is 12.2 Å². The molecule has 0 aliphatic rings. The Kier molecular flexibility index (Phi) is 4.15. The minimum absolute atomic E-state index is 0.250. The highest BCUT2D eigenvalue weighted by Gasteiger charge is 2.09. The highest BCUT2D eigenvalue weighted by Crippen LogP contribution is 2.30. The van der Waals surface area contributed by atoms with E-state index in [0.717, 1.165) is 21.0 Å². The molecule has 0 fully saturated rings. The molecule has 4 rings (SSSR count). The minimum atomic E-state index is -0.357. The molecule has 0 saturated heterocycles. The molecule has 116 valence electrons. The maximum Gasteiger partial charge on any atom is 0.204 e. The van der Waals surface area contributed by atoms with Gasteiger partial charge in [-0.1, -0.05) is 23.5 Å². The van der Waals surface area contributed by atoms with Crippen LogP contribution in [0.4, 0.5) is 15.2 Å². The second kappa shape index (κ2) is 6.41. The summed E-state index contributed by atoms with van der Waals surface area (Å²) in [4.78, 5) is 20.1. The molecule has 0 spiro atoms. The lowest BCUT2D eigenvalue weighted by atomic mass is 10.3. The molecule has 6 nitrogen and oxygen atoms in total. The van der Waals surface area contributed by atoms with Crippen molar-refractivity contribution in [3.8, 4) is 0 Å². The fourth-order valence-electron chi connectivity index (χ4n) is 2.12. The number of nitrogens with zero attached hydrogens (tertiary/aromatic N) is 2. The molecule has 1 amide bonds. The van der Waals surface area contributed by atoms with Gasteiger partial charge in [0.05, 0.1) is 22.1 Å². The molecule has 4 aromatic rings. The fourth-order valence-corrected chi connectivity index (χ4v) is 3.00. The van der Waals surface area contributed by atoms with Crippen LogP contribution < -0.4 is 11.1 Å². The predicted octanol–water partition coefficient (Wildman–Crippen LogP) is 3.16. The number of nitrogens with two attached hydrogens (primary N) is 1. The van der Waals surface area contributed by atoms with E-state index in [2.05, 4.69) is 26.0 Å². The van der Waals surface area contributed by atoms with Crippen molar-refractivity contribution < 1.29 is 9.18 Å². The number of aromatic amines is 1. The molecule has 0 aliphatic heterocycles. The number of benzene rings is 1. The summed E-state index contributed by atoms with van der Waals surface area (Å²) < 4.78 is 14.4. The van der Waals surface area contributed by atoms with Crippen molar-refractivity contribution in [2.24, 2.45) is 5.73 Å². The number of H-pyrrole nitrogens is 1. The van der Waals surface area contributed by atoms with Gasteiger partial charge in [0.1, 0.15) is 11.5 Å². The monoisotopic (exact) mass is 329 g/mol. The van der Waals surface area contributed by atoms with E-state index in [1.807, 2.05) is 24.3 Å². The first-order chi connectivity index (χ1) is 11.2. The summed E-state index contributed by atoms with van der Waals surface area (Å²) in [7, 11) is 0. The number of hydrogen-bond donors (Lipinski definition) is 3. The molecule has 0 unspecified atom stereocenters. The van der Waals surface area contributed by atoms with E-state index in [4.69, 9.17) is 4.79 Å². The van der Waals surface area contributed by atoms with Crippen LogP contribution in [-0.4, -0.2) is 21.4 Å². The van der Waals surface area contributed by atoms with Crippen LogP contribution in [0.15, 0.2) is 42.7 Å². The summed E-state index contributed by atoms with van der Waals surface area (Å²) >= 11 is 1.56. The molecule has 8 heteroatoms. The van der Waals surface area contributed by atoms with Crippen LogP contribution >= 0.6 is 11.3 Å². The largest absolute Gasteiger partial charge is 0.372 e. The lowest BCUT2D eigenvalue weighted by Gasteiger charge is -1.99. The second-order valence-electron chi connectivity index (χ2n) is 4.50. The van der Waals surface area contributed by atoms with E-state index in [0.29, 0.717) is 11.0 Å². The quantitative estimate of drug-likeness (QED) is 0.492. The molecule has 1 aromatic carbocycles. The first-order valence-corrected chi connectivity index (χ1v) is 7.43. The summed E-state index contributed by atoms with van der Waals surface area (Å²) in [6.07, 6.45) is 3.21. The lowest BCUT2D eigenvalue weighted by molar-refractivity contribution is -0.106. The van der Waals surface area contributed by atoms with E-state index in [1.165, 1.54) is 12.3 Å². The number of aromatic nitrogens is 3. The van der Waals surface area contributed by atoms with Crippen molar-refractivity contribution in [2.45, 2.75) is 0 Å². The van der Waals surface area contributed by atoms with Gasteiger partial charge in [0.15, 0.2) is 5.13 Å². The van der Waals surface area contributed by atoms with Gasteiger partial charge in [0.2, 0.25) is 6.41 Å². The average Bonchev–Trinajstić information content (AvgIpc) is 3.12. The third-order valence-corrected chi connectivity index (χ3v) is 3.99. The molecule has 0 aliphatic carbocycles. The van der Waals surface area contributed by atoms with Crippen molar-refractivity contribution in [1.29, 1.82) is 0 Å². The molecule has 0 saturated carbocycles. The van der Waals surface area contributed by atoms with Crippen molar-refractivity contribution in [3.63, 3.8) is 0 Å². The summed E-state index contributed by atoms with van der Waals surface area (Å²) in [5.74, 6) is -0.357. The number of amides is 1. The van der Waals surface area contributed by atoms with Crippen molar-refractivity contribution in [1.82, 2.24) is 15.0 Å². The van der Waals surface area contributed by atoms with E-state index in [9.17, 15) is 4.39 Å². The molecule has 3 aromatic heterocycles. The fraction of sp³-hybridized carbons (Fsp3) is 0. The van der Waals surface area contributed by atoms with Gasteiger partial charge in [-0.05, 0) is 18.2 Å². The van der Waals surface area contributed by atoms with Crippen molar-refractivity contribution in [3.05, 3.63) is 48.5 Å². The number of anilines is 2. The van der Waals surface area contributed by atoms with Gasteiger partial charge >= 0.3 is 0 Å². The normalized spacial score (nSPS) is 10.3. The first-order valence-electron chi connectivity index (χ1n) is 6.62. The smallest absolute Gasteiger partial charge is 0.204 e. The van der Waals surface area contributed by atoms with Gasteiger partial charge in [-0.3, -0.25) is 4.79 Å². The standard InChI is InChI=1S/C14H9FN4S.CH3NO/c15-8-5-9-11(7-17-13(9)16-6-8)19-14-18-10-3-1-2-4-12(10)20-14;2-1-3/h1-7H,(H,16,17)(H,18,19);1H,(H2,2,3). The van der Waals surface area contributed by atoms with Gasteiger partial charge < -0.3 is 16.0 Å². The van der Waals surface area contributed by atoms with E-state index in [1.54, 1.807) is 17.5 Å². The van der Waals surface area contributed by atoms with Crippen LogP contribution in [0.3, 0.4) is 0 Å². The number of thiazole rings is 1. The number of halogens is 1. The molecule has 0 bridgehead atoms. The minimum Gasteiger partial charge on any atom is -0.372 e. The molecule has 0 atom stereocenters. The maximum absolute atomic E-state index is 13.3. The van der Waals surface area contributed by atoms with E-state index < -0.39 is 0 Å². The number of rotatable bonds is 2. The highest BCUT2D eigenvalue weighted by molar-refractivity contribution is 7.22. The zero-order chi connectivity index (χ0) is 16.2. The van der Waals surface area contributed by atoms with Crippen LogP contribution in [-0.2, 0) is 4.79 Å². The Bertz CT molecular complexity index is 932. The van der Waals surface area contributed by atoms with Crippen molar-refractivity contribution in [2.75, 3.05) is 5.32 Å². The Morgan fingerprint density at radius 2 is 2.13 bits per heavy atom. The van der Waals surface area contributed by atoms with Gasteiger partial charge in [0, 0.05) is 11.6 Å². The Morgan fingerprint density at radius 1 is 1.35 bits per heavy atom. The SMILES string of the molecule is Fc1cnc2[nH]cc(Nc3nc4ccccc4s3)c2c1.NC=O. The maximum atomic E-state index is 13.3.